The Balaban J connectivity index is 0.000000291. The summed E-state index contributed by atoms with van der Waals surface area (Å²) in [5.41, 5.74) is 0.583. The van der Waals surface area contributed by atoms with Crippen molar-refractivity contribution in [3.05, 3.63) is 24.2 Å². The van der Waals surface area contributed by atoms with E-state index in [4.69, 9.17) is 0 Å². The summed E-state index contributed by atoms with van der Waals surface area (Å²) >= 11 is 0. The number of hydrogen-bond donors (Lipinski definition) is 0. The first kappa shape index (κ1) is 7.95. The van der Waals surface area contributed by atoms with Crippen molar-refractivity contribution in [2.45, 2.75) is 13.8 Å². The van der Waals surface area contributed by atoms with Crippen molar-refractivity contribution in [3.8, 4) is 0 Å². The van der Waals surface area contributed by atoms with Crippen molar-refractivity contribution in [1.29, 1.82) is 0 Å². The molecule has 1 rings (SSSR count). The molecular weight excluding hydrogens is 116 g/mol. The minimum Gasteiger partial charge on any atom is -0.472 e. The molecule has 0 aliphatic rings. The smallest absolute Gasteiger partial charge is 0.153 e. The first-order valence-corrected chi connectivity index (χ1v) is 2.91. The second-order valence-electron chi connectivity index (χ2n) is 1.17. The van der Waals surface area contributed by atoms with Crippen LogP contribution in [0.25, 0.3) is 0 Å². The molecule has 0 amide bonds. The van der Waals surface area contributed by atoms with Gasteiger partial charge in [-0.25, -0.2) is 0 Å². The van der Waals surface area contributed by atoms with Gasteiger partial charge in [0, 0.05) is 0 Å². The van der Waals surface area contributed by atoms with Gasteiger partial charge in [-0.15, -0.1) is 0 Å². The molecule has 1 aromatic heterocycles. The zero-order valence-corrected chi connectivity index (χ0v) is 5.63. The van der Waals surface area contributed by atoms with Crippen molar-refractivity contribution in [2.24, 2.45) is 0 Å². The molecule has 0 bridgehead atoms. The number of hydrogen-bond acceptors (Lipinski definition) is 2. The van der Waals surface area contributed by atoms with Crippen LogP contribution < -0.4 is 0 Å². The van der Waals surface area contributed by atoms with Crippen LogP contribution in [0.2, 0.25) is 0 Å². The van der Waals surface area contributed by atoms with Crippen LogP contribution in [0, 0.1) is 0 Å². The van der Waals surface area contributed by atoms with Gasteiger partial charge in [-0.3, -0.25) is 4.79 Å². The van der Waals surface area contributed by atoms with Crippen LogP contribution in [0.5, 0.6) is 0 Å². The van der Waals surface area contributed by atoms with E-state index >= 15 is 0 Å². The van der Waals surface area contributed by atoms with E-state index in [2.05, 4.69) is 4.42 Å². The summed E-state index contributed by atoms with van der Waals surface area (Å²) in [5.74, 6) is 0. The first-order chi connectivity index (χ1) is 4.43. The van der Waals surface area contributed by atoms with Gasteiger partial charge in [0.2, 0.25) is 0 Å². The largest absolute Gasteiger partial charge is 0.472 e. The molecule has 50 valence electrons. The van der Waals surface area contributed by atoms with Crippen LogP contribution in [0.3, 0.4) is 0 Å². The second kappa shape index (κ2) is 5.09. The topological polar surface area (TPSA) is 30.2 Å². The van der Waals surface area contributed by atoms with E-state index in [1.165, 1.54) is 12.5 Å². The Morgan fingerprint density at radius 2 is 2.22 bits per heavy atom. The summed E-state index contributed by atoms with van der Waals surface area (Å²) in [5, 5.41) is 0. The lowest BCUT2D eigenvalue weighted by Crippen LogP contribution is -1.65. The van der Waals surface area contributed by atoms with Crippen molar-refractivity contribution < 1.29 is 9.21 Å². The Bertz CT molecular complexity index is 142. The summed E-state index contributed by atoms with van der Waals surface area (Å²) in [6.45, 7) is 4.00. The van der Waals surface area contributed by atoms with E-state index in [9.17, 15) is 4.79 Å². The van der Waals surface area contributed by atoms with Crippen LogP contribution in [-0.2, 0) is 0 Å². The number of carbonyl (C=O) groups excluding carboxylic acids is 1. The van der Waals surface area contributed by atoms with Gasteiger partial charge in [-0.1, -0.05) is 13.8 Å². The minimum absolute atomic E-state index is 0.583. The monoisotopic (exact) mass is 126 g/mol. The summed E-state index contributed by atoms with van der Waals surface area (Å²) < 4.78 is 4.57. The quantitative estimate of drug-likeness (QED) is 0.539. The fourth-order valence-corrected chi connectivity index (χ4v) is 0.342. The van der Waals surface area contributed by atoms with Crippen molar-refractivity contribution in [2.75, 3.05) is 0 Å². The molecule has 9 heavy (non-hydrogen) atoms. The van der Waals surface area contributed by atoms with Gasteiger partial charge in [0.1, 0.15) is 6.26 Å². The lowest BCUT2D eigenvalue weighted by atomic mass is 10.4. The highest BCUT2D eigenvalue weighted by atomic mass is 16.3. The van der Waals surface area contributed by atoms with Gasteiger partial charge in [0.05, 0.1) is 11.8 Å². The highest BCUT2D eigenvalue weighted by Gasteiger charge is 1.84. The van der Waals surface area contributed by atoms with Gasteiger partial charge >= 0.3 is 0 Å². The maximum Gasteiger partial charge on any atom is 0.153 e. The molecule has 0 aliphatic carbocycles. The van der Waals surface area contributed by atoms with Gasteiger partial charge in [-0.2, -0.15) is 0 Å². The number of carbonyl (C=O) groups is 1. The third kappa shape index (κ3) is 2.69. The Morgan fingerprint density at radius 3 is 2.44 bits per heavy atom. The lowest BCUT2D eigenvalue weighted by molar-refractivity contribution is 0.112. The highest BCUT2D eigenvalue weighted by Crippen LogP contribution is 1.92. The third-order valence-corrected chi connectivity index (χ3v) is 0.679. The molecule has 0 atom stereocenters. The van der Waals surface area contributed by atoms with Crippen molar-refractivity contribution in [3.63, 3.8) is 0 Å². The third-order valence-electron chi connectivity index (χ3n) is 0.679. The van der Waals surface area contributed by atoms with Crippen molar-refractivity contribution in [1.82, 2.24) is 0 Å². The molecule has 0 aliphatic heterocycles. The number of aldehydes is 1. The van der Waals surface area contributed by atoms with Gasteiger partial charge < -0.3 is 4.42 Å². The predicted octanol–water partition coefficient (Wildman–Crippen LogP) is 2.12. The predicted molar refractivity (Wildman–Crippen MR) is 35.4 cm³/mol. The summed E-state index contributed by atoms with van der Waals surface area (Å²) in [4.78, 5) is 9.81. The van der Waals surface area contributed by atoms with E-state index in [0.29, 0.717) is 5.56 Å². The van der Waals surface area contributed by atoms with Crippen molar-refractivity contribution >= 4 is 6.29 Å². The molecule has 0 fully saturated rings. The first-order valence-electron chi connectivity index (χ1n) is 2.91. The zero-order valence-electron chi connectivity index (χ0n) is 5.63. The molecular formula is C7H10O2. The Kier molecular flexibility index (Phi) is 4.50. The number of furan rings is 1. The average Bonchev–Trinajstić information content (AvgIpc) is 2.43. The fourth-order valence-electron chi connectivity index (χ4n) is 0.342. The Morgan fingerprint density at radius 1 is 1.56 bits per heavy atom. The minimum atomic E-state index is 0.583. The van der Waals surface area contributed by atoms with Crippen LogP contribution in [0.4, 0.5) is 0 Å². The van der Waals surface area contributed by atoms with Crippen LogP contribution in [0.1, 0.15) is 24.2 Å². The Labute approximate surface area is 54.5 Å². The summed E-state index contributed by atoms with van der Waals surface area (Å²) in [6, 6.07) is 1.60. The van der Waals surface area contributed by atoms with E-state index in [-0.39, 0.29) is 0 Å². The normalized spacial score (nSPS) is 7.33. The van der Waals surface area contributed by atoms with Gasteiger partial charge in [0.25, 0.3) is 0 Å². The molecule has 0 N–H and O–H groups in total. The van der Waals surface area contributed by atoms with Crippen LogP contribution >= 0.6 is 0 Å². The molecule has 0 aromatic carbocycles. The standard InChI is InChI=1S/C5H4O2.C2H6/c6-3-5-1-2-7-4-5;1-2/h1-4H;1-2H3. The second-order valence-corrected chi connectivity index (χ2v) is 1.17. The molecule has 1 heterocycles. The molecule has 0 saturated carbocycles. The molecule has 0 saturated heterocycles. The summed E-state index contributed by atoms with van der Waals surface area (Å²) in [6.07, 6.45) is 3.60. The van der Waals surface area contributed by atoms with Gasteiger partial charge in [-0.05, 0) is 6.07 Å². The van der Waals surface area contributed by atoms with E-state index in [0.717, 1.165) is 6.29 Å². The maximum atomic E-state index is 9.81. The molecule has 0 radical (unpaired) electrons. The van der Waals surface area contributed by atoms with E-state index in [1.54, 1.807) is 6.07 Å². The number of rotatable bonds is 1. The molecule has 0 spiro atoms. The molecule has 2 heteroatoms. The average molecular weight is 126 g/mol. The maximum absolute atomic E-state index is 9.81. The molecule has 0 unspecified atom stereocenters. The Hall–Kier alpha value is -1.05. The molecule has 2 nitrogen and oxygen atoms in total. The fraction of sp³-hybridized carbons (Fsp3) is 0.286. The highest BCUT2D eigenvalue weighted by molar-refractivity contribution is 5.73. The lowest BCUT2D eigenvalue weighted by Gasteiger charge is -1.64. The molecule has 1 aromatic rings. The van der Waals surface area contributed by atoms with Crippen LogP contribution in [0.15, 0.2) is 23.0 Å². The zero-order chi connectivity index (χ0) is 7.11. The summed E-state index contributed by atoms with van der Waals surface area (Å²) in [7, 11) is 0. The van der Waals surface area contributed by atoms with Gasteiger partial charge in [0.15, 0.2) is 6.29 Å². The SMILES string of the molecule is CC.O=Cc1ccoc1. The van der Waals surface area contributed by atoms with E-state index < -0.39 is 0 Å². The van der Waals surface area contributed by atoms with E-state index in [1.807, 2.05) is 13.8 Å². The van der Waals surface area contributed by atoms with Crippen LogP contribution in [-0.4, -0.2) is 6.29 Å².